The maximum atomic E-state index is 11.7. The van der Waals surface area contributed by atoms with Crippen LogP contribution in [0, 0.1) is 5.41 Å². The van der Waals surface area contributed by atoms with Gasteiger partial charge in [0.25, 0.3) is 0 Å². The van der Waals surface area contributed by atoms with Gasteiger partial charge in [-0.05, 0) is 26.2 Å². The lowest BCUT2D eigenvalue weighted by Gasteiger charge is -2.30. The highest BCUT2D eigenvalue weighted by Gasteiger charge is 2.33. The van der Waals surface area contributed by atoms with Crippen LogP contribution in [0.25, 0.3) is 0 Å². The van der Waals surface area contributed by atoms with Crippen molar-refractivity contribution in [2.75, 3.05) is 6.17 Å². The Balaban J connectivity index is 4.25. The first-order valence-electron chi connectivity index (χ1n) is 5.54. The lowest BCUT2D eigenvalue weighted by Crippen LogP contribution is -2.53. The molecule has 0 saturated heterocycles. The summed E-state index contributed by atoms with van der Waals surface area (Å²) in [5.74, 6) is 0.0223. The predicted molar refractivity (Wildman–Crippen MR) is 70.7 cm³/mol. The molecule has 0 atom stereocenters. The fraction of sp³-hybridized carbons (Fsp3) is 0.900. The van der Waals surface area contributed by atoms with Crippen molar-refractivity contribution in [3.63, 3.8) is 0 Å². The molecule has 0 aromatic heterocycles. The minimum Gasteiger partial charge on any atom is -0.435 e. The van der Waals surface area contributed by atoms with E-state index in [9.17, 15) is 9.59 Å². The van der Waals surface area contributed by atoms with Crippen LogP contribution in [0.5, 0.6) is 0 Å². The lowest BCUT2D eigenvalue weighted by molar-refractivity contribution is -0.128. The molecule has 0 rings (SSSR count). The second-order valence-electron chi connectivity index (χ2n) is 6.24. The SMILES string of the molecule is CC(C)(C)C(=O)NC[Si](C)(C)O[Si](C)(C)O. The summed E-state index contributed by atoms with van der Waals surface area (Å²) in [5, 5.41) is 2.89. The maximum absolute atomic E-state index is 11.7. The van der Waals surface area contributed by atoms with Gasteiger partial charge in [-0.25, -0.2) is 0 Å². The highest BCUT2D eigenvalue weighted by Crippen LogP contribution is 2.14. The Labute approximate surface area is 101 Å². The molecule has 0 aliphatic heterocycles. The van der Waals surface area contributed by atoms with E-state index in [2.05, 4.69) is 5.32 Å². The Bertz CT molecular complexity index is 254. The smallest absolute Gasteiger partial charge is 0.318 e. The number of hydrogen-bond donors (Lipinski definition) is 2. The van der Waals surface area contributed by atoms with Gasteiger partial charge in [-0.15, -0.1) is 0 Å². The van der Waals surface area contributed by atoms with Crippen molar-refractivity contribution in [3.8, 4) is 0 Å². The molecule has 0 heterocycles. The number of carbonyl (C=O) groups is 1. The first kappa shape index (κ1) is 15.8. The van der Waals surface area contributed by atoms with E-state index in [4.69, 9.17) is 4.12 Å². The molecule has 2 N–H and O–H groups in total. The summed E-state index contributed by atoms with van der Waals surface area (Å²) in [6.07, 6.45) is 0.542. The summed E-state index contributed by atoms with van der Waals surface area (Å²) >= 11 is 0. The van der Waals surface area contributed by atoms with Crippen molar-refractivity contribution in [2.45, 2.75) is 47.0 Å². The molecule has 0 spiro atoms. The first-order valence-corrected chi connectivity index (χ1v) is 11.5. The second kappa shape index (κ2) is 4.99. The van der Waals surface area contributed by atoms with Crippen LogP contribution in [-0.2, 0) is 8.91 Å². The van der Waals surface area contributed by atoms with Crippen molar-refractivity contribution < 1.29 is 13.7 Å². The minimum absolute atomic E-state index is 0.0223. The molecule has 0 radical (unpaired) electrons. The van der Waals surface area contributed by atoms with Crippen LogP contribution in [0.3, 0.4) is 0 Å². The number of amides is 1. The highest BCUT2D eigenvalue weighted by molar-refractivity contribution is 6.81. The largest absolute Gasteiger partial charge is 0.435 e. The third kappa shape index (κ3) is 7.16. The molecule has 1 amide bonds. The molecule has 96 valence electrons. The number of carbonyl (C=O) groups excluding carboxylic acids is 1. The van der Waals surface area contributed by atoms with E-state index in [0.717, 1.165) is 0 Å². The molecule has 0 aliphatic carbocycles. The molecule has 16 heavy (non-hydrogen) atoms. The lowest BCUT2D eigenvalue weighted by atomic mass is 9.96. The molecule has 0 aliphatic rings. The van der Waals surface area contributed by atoms with E-state index in [-0.39, 0.29) is 11.3 Å². The maximum Gasteiger partial charge on any atom is 0.318 e. The van der Waals surface area contributed by atoms with Crippen molar-refractivity contribution in [3.05, 3.63) is 0 Å². The average Bonchev–Trinajstić information content (AvgIpc) is 1.93. The van der Waals surface area contributed by atoms with Crippen LogP contribution in [0.2, 0.25) is 26.2 Å². The zero-order valence-corrected chi connectivity index (χ0v) is 13.5. The van der Waals surface area contributed by atoms with Crippen LogP contribution < -0.4 is 5.32 Å². The standard InChI is InChI=1S/C10H25NO3Si2/c1-10(2,3)9(12)11-8-15(4,5)14-16(6,7)13/h13H,8H2,1-7H3,(H,11,12). The molecule has 0 saturated carbocycles. The van der Waals surface area contributed by atoms with Gasteiger partial charge < -0.3 is 14.2 Å². The summed E-state index contributed by atoms with van der Waals surface area (Å²) in [4.78, 5) is 21.4. The van der Waals surface area contributed by atoms with Crippen molar-refractivity contribution in [1.82, 2.24) is 5.32 Å². The third-order valence-corrected chi connectivity index (χ3v) is 7.12. The normalized spacial score (nSPS) is 13.8. The fourth-order valence-corrected chi connectivity index (χ4v) is 7.55. The summed E-state index contributed by atoms with van der Waals surface area (Å²) in [6, 6.07) is 0. The summed E-state index contributed by atoms with van der Waals surface area (Å²) < 4.78 is 5.71. The van der Waals surface area contributed by atoms with Crippen LogP contribution in [0.15, 0.2) is 0 Å². The molecule has 0 bridgehead atoms. The van der Waals surface area contributed by atoms with E-state index in [0.29, 0.717) is 6.17 Å². The van der Waals surface area contributed by atoms with Gasteiger partial charge in [0.05, 0.1) is 0 Å². The molecule has 0 aromatic rings. The topological polar surface area (TPSA) is 58.6 Å². The van der Waals surface area contributed by atoms with Gasteiger partial charge in [0.2, 0.25) is 5.91 Å². The quantitative estimate of drug-likeness (QED) is 0.758. The van der Waals surface area contributed by atoms with Gasteiger partial charge in [0.15, 0.2) is 8.32 Å². The Morgan fingerprint density at radius 3 is 2.00 bits per heavy atom. The monoisotopic (exact) mass is 263 g/mol. The molecular weight excluding hydrogens is 238 g/mol. The summed E-state index contributed by atoms with van der Waals surface area (Å²) in [7, 11) is -4.50. The minimum atomic E-state index is -2.50. The van der Waals surface area contributed by atoms with Crippen LogP contribution in [-0.4, -0.2) is 33.7 Å². The van der Waals surface area contributed by atoms with Gasteiger partial charge in [-0.3, -0.25) is 4.79 Å². The summed E-state index contributed by atoms with van der Waals surface area (Å²) in [5.41, 5.74) is -0.378. The van der Waals surface area contributed by atoms with Gasteiger partial charge in [-0.2, -0.15) is 0 Å². The zero-order chi connectivity index (χ0) is 13.2. The Hall–Kier alpha value is -0.176. The number of hydrogen-bond acceptors (Lipinski definition) is 3. The molecule has 4 nitrogen and oxygen atoms in total. The van der Waals surface area contributed by atoms with E-state index in [1.807, 2.05) is 33.9 Å². The Morgan fingerprint density at radius 1 is 1.25 bits per heavy atom. The van der Waals surface area contributed by atoms with E-state index < -0.39 is 16.9 Å². The Kier molecular flexibility index (Phi) is 4.94. The predicted octanol–water partition coefficient (Wildman–Crippen LogP) is 1.60. The molecule has 0 unspecified atom stereocenters. The Morgan fingerprint density at radius 2 is 1.69 bits per heavy atom. The molecule has 0 fully saturated rings. The molecule has 0 aromatic carbocycles. The summed E-state index contributed by atoms with van der Waals surface area (Å²) in [6.45, 7) is 13.1. The van der Waals surface area contributed by atoms with Crippen LogP contribution >= 0.6 is 0 Å². The fourth-order valence-electron chi connectivity index (χ4n) is 1.27. The van der Waals surface area contributed by atoms with Crippen LogP contribution in [0.4, 0.5) is 0 Å². The van der Waals surface area contributed by atoms with Crippen molar-refractivity contribution in [2.24, 2.45) is 5.41 Å². The highest BCUT2D eigenvalue weighted by atomic mass is 28.4. The third-order valence-electron chi connectivity index (χ3n) is 1.88. The van der Waals surface area contributed by atoms with Gasteiger partial charge >= 0.3 is 8.56 Å². The van der Waals surface area contributed by atoms with Gasteiger partial charge in [0, 0.05) is 11.6 Å². The van der Waals surface area contributed by atoms with E-state index >= 15 is 0 Å². The van der Waals surface area contributed by atoms with Crippen molar-refractivity contribution >= 4 is 22.8 Å². The molecular formula is C10H25NO3Si2. The average molecular weight is 263 g/mol. The second-order valence-corrected chi connectivity index (χ2v) is 13.8. The molecule has 6 heteroatoms. The first-order chi connectivity index (χ1) is 6.83. The number of nitrogens with one attached hydrogen (secondary N) is 1. The van der Waals surface area contributed by atoms with Crippen molar-refractivity contribution in [1.29, 1.82) is 0 Å². The zero-order valence-electron chi connectivity index (χ0n) is 11.5. The number of rotatable bonds is 4. The van der Waals surface area contributed by atoms with E-state index in [1.165, 1.54) is 0 Å². The van der Waals surface area contributed by atoms with Gasteiger partial charge in [0.1, 0.15) is 0 Å². The van der Waals surface area contributed by atoms with E-state index in [1.54, 1.807) is 13.1 Å². The van der Waals surface area contributed by atoms with Gasteiger partial charge in [-0.1, -0.05) is 20.8 Å². The van der Waals surface area contributed by atoms with Crippen LogP contribution in [0.1, 0.15) is 20.8 Å².